The third-order valence-electron chi connectivity index (χ3n) is 3.50. The molecule has 1 aliphatic rings. The first-order chi connectivity index (χ1) is 11.1. The van der Waals surface area contributed by atoms with Crippen molar-refractivity contribution in [2.24, 2.45) is 0 Å². The van der Waals surface area contributed by atoms with Crippen molar-refractivity contribution >= 4 is 46.7 Å². The van der Waals surface area contributed by atoms with Gasteiger partial charge in [0.25, 0.3) is 0 Å². The zero-order chi connectivity index (χ0) is 16.4. The van der Waals surface area contributed by atoms with Gasteiger partial charge in [-0.15, -0.1) is 11.8 Å². The molecule has 23 heavy (non-hydrogen) atoms. The lowest BCUT2D eigenvalue weighted by Crippen LogP contribution is -2.34. The molecule has 1 heterocycles. The van der Waals surface area contributed by atoms with Crippen LogP contribution in [0.3, 0.4) is 0 Å². The van der Waals surface area contributed by atoms with E-state index in [1.54, 1.807) is 41.3 Å². The van der Waals surface area contributed by atoms with Gasteiger partial charge in [-0.05, 0) is 24.3 Å². The molecule has 1 aliphatic heterocycles. The fraction of sp³-hybridized carbons (Fsp3) is 0.188. The van der Waals surface area contributed by atoms with Crippen LogP contribution in [-0.2, 0) is 0 Å². The van der Waals surface area contributed by atoms with Gasteiger partial charge >= 0.3 is 6.03 Å². The molecule has 1 fully saturated rings. The number of halogens is 3. The largest absolute Gasteiger partial charge is 0.323 e. The molecule has 3 nitrogen and oxygen atoms in total. The van der Waals surface area contributed by atoms with Gasteiger partial charge in [-0.3, -0.25) is 0 Å². The number of amides is 2. The normalized spacial score (nSPS) is 17.3. The smallest absolute Gasteiger partial charge is 0.307 e. The number of hydrogen-bond donors (Lipinski definition) is 1. The number of nitrogens with zero attached hydrogens (tertiary/aromatic N) is 1. The fourth-order valence-corrected chi connectivity index (χ4v) is 4.12. The molecule has 0 bridgehead atoms. The molecule has 3 rings (SSSR count). The number of anilines is 1. The Morgan fingerprint density at radius 2 is 2.04 bits per heavy atom. The van der Waals surface area contributed by atoms with Gasteiger partial charge in [0.1, 0.15) is 11.2 Å². The number of carbonyl (C=O) groups is 1. The number of thioether (sulfide) groups is 1. The molecule has 7 heteroatoms. The van der Waals surface area contributed by atoms with Gasteiger partial charge in [0, 0.05) is 22.9 Å². The summed E-state index contributed by atoms with van der Waals surface area (Å²) in [5.74, 6) is 0.440. The summed E-state index contributed by atoms with van der Waals surface area (Å²) in [4.78, 5) is 14.1. The molecule has 0 radical (unpaired) electrons. The minimum atomic E-state index is -0.345. The maximum atomic E-state index is 14.0. The number of rotatable bonds is 2. The summed E-state index contributed by atoms with van der Waals surface area (Å²) in [6.45, 7) is 0.542. The van der Waals surface area contributed by atoms with Crippen molar-refractivity contribution in [3.05, 3.63) is 63.9 Å². The van der Waals surface area contributed by atoms with E-state index in [4.69, 9.17) is 23.2 Å². The van der Waals surface area contributed by atoms with Crippen LogP contribution in [0.4, 0.5) is 14.9 Å². The average molecular weight is 371 g/mol. The van der Waals surface area contributed by atoms with Gasteiger partial charge in [0.15, 0.2) is 0 Å². The predicted molar refractivity (Wildman–Crippen MR) is 93.8 cm³/mol. The third kappa shape index (κ3) is 3.57. The predicted octanol–water partition coefficient (Wildman–Crippen LogP) is 5.41. The minimum absolute atomic E-state index is 0.311. The Bertz CT molecular complexity index is 744. The van der Waals surface area contributed by atoms with Crippen molar-refractivity contribution in [2.45, 2.75) is 5.37 Å². The highest BCUT2D eigenvalue weighted by Gasteiger charge is 2.32. The van der Waals surface area contributed by atoms with Gasteiger partial charge in [0.2, 0.25) is 0 Å². The van der Waals surface area contributed by atoms with E-state index in [1.807, 2.05) is 0 Å². The molecule has 2 amide bonds. The summed E-state index contributed by atoms with van der Waals surface area (Å²) >= 11 is 13.5. The molecular formula is C16H13Cl2FN2OS. The lowest BCUT2D eigenvalue weighted by Gasteiger charge is -2.25. The Balaban J connectivity index is 1.80. The second-order valence-corrected chi connectivity index (χ2v) is 7.02. The van der Waals surface area contributed by atoms with E-state index in [2.05, 4.69) is 5.32 Å². The Labute approximate surface area is 147 Å². The zero-order valence-corrected chi connectivity index (χ0v) is 14.3. The number of hydrogen-bond acceptors (Lipinski definition) is 2. The van der Waals surface area contributed by atoms with Crippen molar-refractivity contribution in [1.82, 2.24) is 4.90 Å². The third-order valence-corrected chi connectivity index (χ3v) is 5.29. The number of benzene rings is 2. The summed E-state index contributed by atoms with van der Waals surface area (Å²) in [5, 5.41) is 3.27. The van der Waals surface area contributed by atoms with Gasteiger partial charge in [-0.2, -0.15) is 0 Å². The molecule has 2 aromatic carbocycles. The molecule has 0 aliphatic carbocycles. The number of carbonyl (C=O) groups excluding carboxylic acids is 1. The Morgan fingerprint density at radius 1 is 1.26 bits per heavy atom. The molecule has 1 saturated heterocycles. The molecule has 120 valence electrons. The van der Waals surface area contributed by atoms with Crippen molar-refractivity contribution in [3.63, 3.8) is 0 Å². The van der Waals surface area contributed by atoms with Crippen LogP contribution in [0.15, 0.2) is 42.5 Å². The van der Waals surface area contributed by atoms with E-state index in [0.29, 0.717) is 27.8 Å². The van der Waals surface area contributed by atoms with E-state index < -0.39 is 0 Å². The molecule has 0 unspecified atom stereocenters. The van der Waals surface area contributed by atoms with Crippen LogP contribution in [0.5, 0.6) is 0 Å². The van der Waals surface area contributed by atoms with Crippen LogP contribution in [0.2, 0.25) is 10.0 Å². The van der Waals surface area contributed by atoms with Gasteiger partial charge in [0.05, 0.1) is 10.7 Å². The first kappa shape index (κ1) is 16.4. The first-order valence-electron chi connectivity index (χ1n) is 6.95. The minimum Gasteiger partial charge on any atom is -0.307 e. The molecule has 2 aromatic rings. The Hall–Kier alpha value is -1.43. The highest BCUT2D eigenvalue weighted by molar-refractivity contribution is 7.99. The second-order valence-electron chi connectivity index (χ2n) is 4.99. The first-order valence-corrected chi connectivity index (χ1v) is 8.75. The van der Waals surface area contributed by atoms with Crippen LogP contribution in [0.1, 0.15) is 10.9 Å². The molecule has 0 spiro atoms. The molecule has 1 atom stereocenters. The van der Waals surface area contributed by atoms with E-state index in [-0.39, 0.29) is 17.2 Å². The van der Waals surface area contributed by atoms with Crippen molar-refractivity contribution in [3.8, 4) is 0 Å². The zero-order valence-electron chi connectivity index (χ0n) is 11.9. The summed E-state index contributed by atoms with van der Waals surface area (Å²) in [6, 6.07) is 11.0. The molecule has 1 N–H and O–H groups in total. The fourth-order valence-electron chi connectivity index (χ4n) is 2.39. The van der Waals surface area contributed by atoms with E-state index in [0.717, 1.165) is 5.75 Å². The van der Waals surface area contributed by atoms with E-state index >= 15 is 0 Å². The van der Waals surface area contributed by atoms with Gasteiger partial charge in [-0.1, -0.05) is 41.4 Å². The van der Waals surface area contributed by atoms with Gasteiger partial charge < -0.3 is 10.2 Å². The maximum absolute atomic E-state index is 14.0. The molecule has 0 saturated carbocycles. The number of urea groups is 1. The topological polar surface area (TPSA) is 32.3 Å². The monoisotopic (exact) mass is 370 g/mol. The quantitative estimate of drug-likeness (QED) is 0.765. The Kier molecular flexibility index (Phi) is 4.99. The van der Waals surface area contributed by atoms with Crippen molar-refractivity contribution in [2.75, 3.05) is 17.6 Å². The van der Waals surface area contributed by atoms with Crippen molar-refractivity contribution < 1.29 is 9.18 Å². The number of nitrogens with one attached hydrogen (secondary N) is 1. The highest BCUT2D eigenvalue weighted by atomic mass is 35.5. The maximum Gasteiger partial charge on any atom is 0.323 e. The van der Waals surface area contributed by atoms with Crippen LogP contribution < -0.4 is 5.32 Å². The standard InChI is InChI=1S/C16H13Cl2FN2OS/c17-10-5-6-14(12(18)9-10)20-16(22)21-7-8-23-15(21)11-3-1-2-4-13(11)19/h1-6,9,15H,7-8H2,(H,20,22)/t15-/m1/s1. The van der Waals surface area contributed by atoms with E-state index in [1.165, 1.54) is 17.8 Å². The average Bonchev–Trinajstić information content (AvgIpc) is 3.00. The molecule has 0 aromatic heterocycles. The summed E-state index contributed by atoms with van der Waals surface area (Å²) in [6.07, 6.45) is 0. The summed E-state index contributed by atoms with van der Waals surface area (Å²) < 4.78 is 14.0. The van der Waals surface area contributed by atoms with Crippen LogP contribution in [0.25, 0.3) is 0 Å². The van der Waals surface area contributed by atoms with Crippen LogP contribution in [0, 0.1) is 5.82 Å². The lowest BCUT2D eigenvalue weighted by molar-refractivity contribution is 0.213. The lowest BCUT2D eigenvalue weighted by atomic mass is 10.2. The van der Waals surface area contributed by atoms with Crippen molar-refractivity contribution in [1.29, 1.82) is 0 Å². The highest BCUT2D eigenvalue weighted by Crippen LogP contribution is 2.39. The van der Waals surface area contributed by atoms with Gasteiger partial charge in [-0.25, -0.2) is 9.18 Å². The Morgan fingerprint density at radius 3 is 2.78 bits per heavy atom. The summed E-state index contributed by atoms with van der Waals surface area (Å²) in [7, 11) is 0. The van der Waals surface area contributed by atoms with Crippen LogP contribution in [-0.4, -0.2) is 23.2 Å². The SMILES string of the molecule is O=C(Nc1ccc(Cl)cc1Cl)N1CCS[C@@H]1c1ccccc1F. The van der Waals surface area contributed by atoms with Crippen LogP contribution >= 0.6 is 35.0 Å². The summed E-state index contributed by atoms with van der Waals surface area (Å²) in [5.41, 5.74) is 0.984. The second kappa shape index (κ2) is 6.99. The van der Waals surface area contributed by atoms with E-state index in [9.17, 15) is 9.18 Å². The molecular weight excluding hydrogens is 358 g/mol.